The van der Waals surface area contributed by atoms with Crippen LogP contribution in [0.5, 0.6) is 5.75 Å². The molecule has 1 aromatic carbocycles. The SMILES string of the molecule is CC(C)(C)OC(=O)N1CCC2(CCc3cc(-c4ncc(CS(=O)(=O)CCCO)cn4)ccc3O2)CC1. The van der Waals surface area contributed by atoms with E-state index in [2.05, 4.69) is 9.97 Å². The molecule has 2 aliphatic heterocycles. The molecule has 1 aromatic heterocycles. The third-order valence-corrected chi connectivity index (χ3v) is 8.21. The number of amides is 1. The minimum absolute atomic E-state index is 0.0589. The summed E-state index contributed by atoms with van der Waals surface area (Å²) in [5.74, 6) is 1.18. The smallest absolute Gasteiger partial charge is 0.410 e. The molecule has 2 aromatic rings. The highest BCUT2D eigenvalue weighted by molar-refractivity contribution is 7.90. The summed E-state index contributed by atoms with van der Waals surface area (Å²) in [5.41, 5.74) is 1.69. The Morgan fingerprint density at radius 3 is 2.50 bits per heavy atom. The number of sulfone groups is 1. The number of benzene rings is 1. The quantitative estimate of drug-likeness (QED) is 0.618. The van der Waals surface area contributed by atoms with Gasteiger partial charge in [-0.25, -0.2) is 23.2 Å². The molecule has 1 spiro atoms. The van der Waals surface area contributed by atoms with Crippen molar-refractivity contribution in [2.75, 3.05) is 25.4 Å². The van der Waals surface area contributed by atoms with Crippen molar-refractivity contribution in [1.82, 2.24) is 14.9 Å². The van der Waals surface area contributed by atoms with Crippen LogP contribution in [0.25, 0.3) is 11.4 Å². The Balaban J connectivity index is 1.38. The van der Waals surface area contributed by atoms with E-state index in [0.29, 0.717) is 24.5 Å². The van der Waals surface area contributed by atoms with Crippen molar-refractivity contribution in [1.29, 1.82) is 0 Å². The lowest BCUT2D eigenvalue weighted by atomic mass is 9.83. The van der Waals surface area contributed by atoms with Crippen LogP contribution in [0.3, 0.4) is 0 Å². The van der Waals surface area contributed by atoms with Crippen LogP contribution >= 0.6 is 0 Å². The van der Waals surface area contributed by atoms with E-state index in [1.54, 1.807) is 17.3 Å². The van der Waals surface area contributed by atoms with Crippen molar-refractivity contribution in [3.05, 3.63) is 41.7 Å². The van der Waals surface area contributed by atoms with Crippen LogP contribution in [0.15, 0.2) is 30.6 Å². The molecule has 0 atom stereocenters. The van der Waals surface area contributed by atoms with Gasteiger partial charge in [-0.15, -0.1) is 0 Å². The number of hydrogen-bond donors (Lipinski definition) is 1. The fraction of sp³-hybridized carbons (Fsp3) is 0.577. The van der Waals surface area contributed by atoms with Crippen LogP contribution < -0.4 is 4.74 Å². The van der Waals surface area contributed by atoms with Crippen LogP contribution in [-0.2, 0) is 26.7 Å². The number of piperidine rings is 1. The molecule has 0 radical (unpaired) electrons. The summed E-state index contributed by atoms with van der Waals surface area (Å²) in [6, 6.07) is 5.90. The Kier molecular flexibility index (Phi) is 7.56. The number of aryl methyl sites for hydroxylation is 1. The van der Waals surface area contributed by atoms with E-state index < -0.39 is 15.4 Å². The van der Waals surface area contributed by atoms with Gasteiger partial charge in [0.15, 0.2) is 15.7 Å². The normalized spacial score (nSPS) is 17.4. The number of aliphatic hydroxyl groups is 1. The Labute approximate surface area is 212 Å². The second-order valence-corrected chi connectivity index (χ2v) is 12.8. The maximum Gasteiger partial charge on any atom is 0.410 e. The highest BCUT2D eigenvalue weighted by Crippen LogP contribution is 2.40. The van der Waals surface area contributed by atoms with E-state index in [-0.39, 0.29) is 36.2 Å². The van der Waals surface area contributed by atoms with Crippen molar-refractivity contribution in [2.45, 2.75) is 69.8 Å². The van der Waals surface area contributed by atoms with Gasteiger partial charge in [-0.2, -0.15) is 0 Å². The summed E-state index contributed by atoms with van der Waals surface area (Å²) < 4.78 is 36.2. The molecule has 0 aliphatic carbocycles. The van der Waals surface area contributed by atoms with Gasteiger partial charge in [0.1, 0.15) is 17.0 Å². The first-order valence-corrected chi connectivity index (χ1v) is 14.2. The molecule has 0 saturated carbocycles. The molecule has 196 valence electrons. The van der Waals surface area contributed by atoms with Gasteiger partial charge in [0.25, 0.3) is 0 Å². The third kappa shape index (κ3) is 6.53. The maximum atomic E-state index is 12.4. The maximum absolute atomic E-state index is 12.4. The molecule has 0 bridgehead atoms. The lowest BCUT2D eigenvalue weighted by Crippen LogP contribution is -2.52. The number of hydrogen-bond acceptors (Lipinski definition) is 8. The number of likely N-dealkylation sites (tertiary alicyclic amines) is 1. The molecule has 36 heavy (non-hydrogen) atoms. The van der Waals surface area contributed by atoms with E-state index in [0.717, 1.165) is 42.6 Å². The van der Waals surface area contributed by atoms with Gasteiger partial charge in [0.2, 0.25) is 0 Å². The van der Waals surface area contributed by atoms with E-state index in [1.807, 2.05) is 39.0 Å². The molecule has 1 N–H and O–H groups in total. The zero-order valence-electron chi connectivity index (χ0n) is 21.2. The first-order valence-electron chi connectivity index (χ1n) is 12.4. The zero-order chi connectivity index (χ0) is 26.0. The summed E-state index contributed by atoms with van der Waals surface area (Å²) in [5, 5.41) is 8.86. The molecule has 1 amide bonds. The highest BCUT2D eigenvalue weighted by Gasteiger charge is 2.41. The molecular weight excluding hydrogens is 482 g/mol. The van der Waals surface area contributed by atoms with E-state index in [1.165, 1.54) is 0 Å². The van der Waals surface area contributed by atoms with E-state index in [9.17, 15) is 13.2 Å². The number of ether oxygens (including phenoxy) is 2. The van der Waals surface area contributed by atoms with Crippen LogP contribution in [0.2, 0.25) is 0 Å². The molecule has 1 saturated heterocycles. The number of aromatic nitrogens is 2. The minimum Gasteiger partial charge on any atom is -0.487 e. The zero-order valence-corrected chi connectivity index (χ0v) is 22.0. The second kappa shape index (κ2) is 10.3. The van der Waals surface area contributed by atoms with Crippen LogP contribution in [0.4, 0.5) is 4.79 Å². The summed E-state index contributed by atoms with van der Waals surface area (Å²) >= 11 is 0. The summed E-state index contributed by atoms with van der Waals surface area (Å²) in [4.78, 5) is 22.9. The van der Waals surface area contributed by atoms with Gasteiger partial charge in [-0.05, 0) is 63.8 Å². The van der Waals surface area contributed by atoms with Gasteiger partial charge in [0.05, 0.1) is 11.5 Å². The lowest BCUT2D eigenvalue weighted by molar-refractivity contribution is -0.0272. The highest BCUT2D eigenvalue weighted by atomic mass is 32.2. The number of aliphatic hydroxyl groups excluding tert-OH is 1. The van der Waals surface area contributed by atoms with E-state index >= 15 is 0 Å². The topological polar surface area (TPSA) is 119 Å². The van der Waals surface area contributed by atoms with Gasteiger partial charge in [-0.3, -0.25) is 0 Å². The largest absolute Gasteiger partial charge is 0.487 e. The molecule has 10 heteroatoms. The minimum atomic E-state index is -3.30. The lowest BCUT2D eigenvalue weighted by Gasteiger charge is -2.44. The van der Waals surface area contributed by atoms with Gasteiger partial charge in [0, 0.05) is 56.1 Å². The average Bonchev–Trinajstić information content (AvgIpc) is 2.82. The fourth-order valence-electron chi connectivity index (χ4n) is 4.62. The third-order valence-electron chi connectivity index (χ3n) is 6.53. The van der Waals surface area contributed by atoms with Crippen molar-refractivity contribution in [2.24, 2.45) is 0 Å². The Morgan fingerprint density at radius 1 is 1.17 bits per heavy atom. The Bertz CT molecular complexity index is 1180. The molecule has 2 aliphatic rings. The standard InChI is InChI=1S/C26H35N3O6S/c1-25(2,3)35-24(31)29-11-9-26(10-12-29)8-7-20-15-21(5-6-22(20)34-26)23-27-16-19(17-28-23)18-36(32,33)14-4-13-30/h5-6,15-17,30H,4,7-14,18H2,1-3H3. The summed E-state index contributed by atoms with van der Waals surface area (Å²) in [7, 11) is -3.30. The van der Waals surface area contributed by atoms with Crippen molar-refractivity contribution >= 4 is 15.9 Å². The number of nitrogens with zero attached hydrogens (tertiary/aromatic N) is 3. The number of carbonyl (C=O) groups is 1. The predicted octanol–water partition coefficient (Wildman–Crippen LogP) is 3.54. The van der Waals surface area contributed by atoms with Crippen LogP contribution in [0.1, 0.15) is 57.6 Å². The average molecular weight is 518 g/mol. The van der Waals surface area contributed by atoms with Crippen LogP contribution in [0, 0.1) is 0 Å². The van der Waals surface area contributed by atoms with Crippen molar-refractivity contribution < 1.29 is 27.8 Å². The fourth-order valence-corrected chi connectivity index (χ4v) is 5.99. The monoisotopic (exact) mass is 517 g/mol. The van der Waals surface area contributed by atoms with Crippen LogP contribution in [-0.4, -0.2) is 71.1 Å². The van der Waals surface area contributed by atoms with Gasteiger partial charge >= 0.3 is 6.09 Å². The van der Waals surface area contributed by atoms with Gasteiger partial charge < -0.3 is 19.5 Å². The summed E-state index contributed by atoms with van der Waals surface area (Å²) in [6.07, 6.45) is 6.30. The van der Waals surface area contributed by atoms with Crippen molar-refractivity contribution in [3.63, 3.8) is 0 Å². The number of carbonyl (C=O) groups excluding carboxylic acids is 1. The number of rotatable bonds is 6. The first kappa shape index (κ1) is 26.3. The predicted molar refractivity (Wildman–Crippen MR) is 135 cm³/mol. The molecule has 1 fully saturated rings. The molecule has 0 unspecified atom stereocenters. The molecule has 3 heterocycles. The van der Waals surface area contributed by atoms with E-state index in [4.69, 9.17) is 14.6 Å². The number of fused-ring (bicyclic) bond motifs is 1. The van der Waals surface area contributed by atoms with Gasteiger partial charge in [-0.1, -0.05) is 0 Å². The first-order chi connectivity index (χ1) is 17.0. The second-order valence-electron chi connectivity index (χ2n) is 10.7. The Hall–Kier alpha value is -2.72. The molecule has 4 rings (SSSR count). The Morgan fingerprint density at radius 2 is 1.86 bits per heavy atom. The molecular formula is C26H35N3O6S. The summed E-state index contributed by atoms with van der Waals surface area (Å²) in [6.45, 7) is 6.68. The molecule has 9 nitrogen and oxygen atoms in total. The van der Waals surface area contributed by atoms with Crippen molar-refractivity contribution in [3.8, 4) is 17.1 Å².